The van der Waals surface area contributed by atoms with Crippen molar-refractivity contribution in [3.8, 4) is 5.06 Å². The third kappa shape index (κ3) is 2.21. The van der Waals surface area contributed by atoms with Gasteiger partial charge in [-0.05, 0) is 6.92 Å². The molecule has 1 aliphatic heterocycles. The highest BCUT2D eigenvalue weighted by atomic mass is 32.1. The van der Waals surface area contributed by atoms with Gasteiger partial charge in [0, 0.05) is 40.8 Å². The number of carbonyl (C=O) groups excluding carboxylic acids is 1. The molecule has 2 aliphatic rings. The Bertz CT molecular complexity index is 768. The van der Waals surface area contributed by atoms with Crippen molar-refractivity contribution < 1.29 is 19.0 Å². The van der Waals surface area contributed by atoms with Gasteiger partial charge < -0.3 is 9.84 Å². The third-order valence-corrected chi connectivity index (χ3v) is 4.12. The molecule has 1 aliphatic carbocycles. The Morgan fingerprint density at radius 2 is 2.33 bits per heavy atom. The van der Waals surface area contributed by atoms with Crippen molar-refractivity contribution in [1.29, 1.82) is 0 Å². The first-order valence-electron chi connectivity index (χ1n) is 6.19. The summed E-state index contributed by atoms with van der Waals surface area (Å²) in [5.41, 5.74) is 1.62. The standard InChI is InChI=1S/C15H11FNO3S/c1-7-3-9-11(17-7)5-10(16)15(19)13(9)14(18)8-4-12(20-2)21-6-8/h4,6,19H,5H2,1-2H3. The molecule has 107 valence electrons. The second-order valence-corrected chi connectivity index (χ2v) is 5.51. The monoisotopic (exact) mass is 304 g/mol. The lowest BCUT2D eigenvalue weighted by Crippen LogP contribution is -2.17. The Balaban J connectivity index is 2.11. The number of aliphatic imine (C=N–C) groups is 1. The first kappa shape index (κ1) is 13.8. The maximum absolute atomic E-state index is 13.8. The van der Waals surface area contributed by atoms with E-state index in [0.29, 0.717) is 27.6 Å². The number of aliphatic hydroxyl groups is 1. The van der Waals surface area contributed by atoms with Crippen LogP contribution in [-0.2, 0) is 0 Å². The van der Waals surface area contributed by atoms with Crippen LogP contribution in [0.5, 0.6) is 5.06 Å². The predicted octanol–water partition coefficient (Wildman–Crippen LogP) is 3.54. The van der Waals surface area contributed by atoms with Gasteiger partial charge in [0.2, 0.25) is 0 Å². The van der Waals surface area contributed by atoms with Gasteiger partial charge in [-0.25, -0.2) is 4.39 Å². The van der Waals surface area contributed by atoms with E-state index in [4.69, 9.17) is 4.74 Å². The molecule has 4 nitrogen and oxygen atoms in total. The first-order chi connectivity index (χ1) is 10.0. The van der Waals surface area contributed by atoms with Crippen LogP contribution < -0.4 is 4.74 Å². The Kier molecular flexibility index (Phi) is 3.25. The van der Waals surface area contributed by atoms with E-state index in [1.807, 2.05) is 0 Å². The molecule has 3 rings (SSSR count). The van der Waals surface area contributed by atoms with E-state index in [9.17, 15) is 14.3 Å². The molecule has 1 N–H and O–H groups in total. The number of fused-ring (bicyclic) bond motifs is 1. The summed E-state index contributed by atoms with van der Waals surface area (Å²) in [5, 5.41) is 12.1. The smallest absolute Gasteiger partial charge is 0.198 e. The van der Waals surface area contributed by atoms with Crippen LogP contribution in [0.15, 0.2) is 44.9 Å². The highest BCUT2D eigenvalue weighted by molar-refractivity contribution is 7.12. The second-order valence-electron chi connectivity index (χ2n) is 4.64. The average molecular weight is 304 g/mol. The molecule has 0 amide bonds. The number of Topliss-reactive ketones (excluding diaryl/α,β-unsaturated/α-hetero) is 1. The highest BCUT2D eigenvalue weighted by Crippen LogP contribution is 2.35. The lowest BCUT2D eigenvalue weighted by Gasteiger charge is -2.16. The molecule has 0 saturated heterocycles. The molecular formula is C15H11FNO3S. The fraction of sp³-hybridized carbons (Fsp3) is 0.200. The molecule has 0 atom stereocenters. The van der Waals surface area contributed by atoms with Crippen molar-refractivity contribution in [3.63, 3.8) is 0 Å². The maximum atomic E-state index is 13.8. The molecule has 6 heteroatoms. The Morgan fingerprint density at radius 1 is 1.57 bits per heavy atom. The van der Waals surface area contributed by atoms with Gasteiger partial charge in [0.25, 0.3) is 0 Å². The van der Waals surface area contributed by atoms with Crippen molar-refractivity contribution in [2.75, 3.05) is 7.11 Å². The number of allylic oxidation sites excluding steroid dienone is 5. The van der Waals surface area contributed by atoms with E-state index in [1.54, 1.807) is 18.4 Å². The second kappa shape index (κ2) is 4.96. The van der Waals surface area contributed by atoms with Crippen LogP contribution in [0.3, 0.4) is 0 Å². The van der Waals surface area contributed by atoms with Gasteiger partial charge in [-0.3, -0.25) is 9.79 Å². The zero-order chi connectivity index (χ0) is 15.1. The summed E-state index contributed by atoms with van der Waals surface area (Å²) in [4.78, 5) is 16.7. The quantitative estimate of drug-likeness (QED) is 0.869. The summed E-state index contributed by atoms with van der Waals surface area (Å²) >= 11 is 1.26. The number of nitrogens with zero attached hydrogens (tertiary/aromatic N) is 1. The number of carbonyl (C=O) groups is 1. The minimum atomic E-state index is -0.750. The molecule has 0 spiro atoms. The van der Waals surface area contributed by atoms with Crippen molar-refractivity contribution in [1.82, 2.24) is 0 Å². The molecule has 1 aromatic rings. The van der Waals surface area contributed by atoms with Crippen molar-refractivity contribution in [2.24, 2.45) is 4.99 Å². The van der Waals surface area contributed by atoms with Crippen molar-refractivity contribution in [3.05, 3.63) is 51.5 Å². The largest absolute Gasteiger partial charge is 0.505 e. The highest BCUT2D eigenvalue weighted by Gasteiger charge is 2.33. The molecule has 0 saturated carbocycles. The van der Waals surface area contributed by atoms with Crippen LogP contribution in [0.25, 0.3) is 0 Å². The number of ether oxygens (including phenoxy) is 1. The molecule has 0 unspecified atom stereocenters. The zero-order valence-corrected chi connectivity index (χ0v) is 12.2. The summed E-state index contributed by atoms with van der Waals surface area (Å²) in [6.45, 7) is 1.71. The lowest BCUT2D eigenvalue weighted by atomic mass is 9.89. The number of rotatable bonds is 3. The maximum Gasteiger partial charge on any atom is 0.198 e. The molecule has 21 heavy (non-hydrogen) atoms. The van der Waals surface area contributed by atoms with Gasteiger partial charge in [0.05, 0.1) is 18.4 Å². The summed E-state index contributed by atoms with van der Waals surface area (Å²) in [6, 6.07) is 1.56. The lowest BCUT2D eigenvalue weighted by molar-refractivity contribution is 0.102. The minimum absolute atomic E-state index is 0.0881. The van der Waals surface area contributed by atoms with Crippen LogP contribution >= 0.6 is 11.3 Å². The number of methoxy groups -OCH3 is 1. The van der Waals surface area contributed by atoms with Gasteiger partial charge in [-0.1, -0.05) is 0 Å². The number of halogens is 1. The van der Waals surface area contributed by atoms with Crippen molar-refractivity contribution >= 4 is 22.8 Å². The van der Waals surface area contributed by atoms with Gasteiger partial charge in [-0.2, -0.15) is 0 Å². The zero-order valence-electron chi connectivity index (χ0n) is 11.4. The summed E-state index contributed by atoms with van der Waals surface area (Å²) in [6.07, 6.45) is 2.80. The molecule has 1 radical (unpaired) electrons. The Hall–Kier alpha value is -2.21. The van der Waals surface area contributed by atoms with Crippen LogP contribution in [0.4, 0.5) is 4.39 Å². The third-order valence-electron chi connectivity index (χ3n) is 3.23. The molecule has 0 aromatic carbocycles. The van der Waals surface area contributed by atoms with Crippen LogP contribution in [0, 0.1) is 6.08 Å². The summed E-state index contributed by atoms with van der Waals surface area (Å²) in [5.74, 6) is -1.84. The number of thiophene rings is 1. The molecule has 0 bridgehead atoms. The van der Waals surface area contributed by atoms with Crippen LogP contribution in [0.1, 0.15) is 23.7 Å². The molecular weight excluding hydrogens is 293 g/mol. The number of hydrogen-bond acceptors (Lipinski definition) is 5. The summed E-state index contributed by atoms with van der Waals surface area (Å²) < 4.78 is 18.9. The van der Waals surface area contributed by atoms with E-state index < -0.39 is 17.4 Å². The van der Waals surface area contributed by atoms with E-state index in [1.165, 1.54) is 18.4 Å². The van der Waals surface area contributed by atoms with Gasteiger partial charge in [0.15, 0.2) is 16.6 Å². The van der Waals surface area contributed by atoms with E-state index in [2.05, 4.69) is 11.1 Å². The van der Waals surface area contributed by atoms with Gasteiger partial charge in [0.1, 0.15) is 5.83 Å². The fourth-order valence-corrected chi connectivity index (χ4v) is 2.98. The molecule has 2 heterocycles. The van der Waals surface area contributed by atoms with Crippen LogP contribution in [-0.4, -0.2) is 23.7 Å². The van der Waals surface area contributed by atoms with Crippen LogP contribution in [0.2, 0.25) is 0 Å². The normalized spacial score (nSPS) is 17.7. The van der Waals surface area contributed by atoms with E-state index in [0.717, 1.165) is 0 Å². The Morgan fingerprint density at radius 3 is 3.00 bits per heavy atom. The fourth-order valence-electron chi connectivity index (χ4n) is 2.27. The SMILES string of the molecule is COc1cc(C(=O)C2=C3[C]=C(C)N=C3CC(F)=C2O)cs1. The van der Waals surface area contributed by atoms with Gasteiger partial charge >= 0.3 is 0 Å². The van der Waals surface area contributed by atoms with Crippen molar-refractivity contribution in [2.45, 2.75) is 13.3 Å². The number of ketones is 1. The summed E-state index contributed by atoms with van der Waals surface area (Å²) in [7, 11) is 1.50. The molecule has 1 aromatic heterocycles. The number of aliphatic hydroxyl groups excluding tert-OH is 1. The molecule has 0 fully saturated rings. The topological polar surface area (TPSA) is 58.9 Å². The Labute approximate surface area is 124 Å². The van der Waals surface area contributed by atoms with E-state index in [-0.39, 0.29) is 12.0 Å². The van der Waals surface area contributed by atoms with Gasteiger partial charge in [-0.15, -0.1) is 11.3 Å². The number of hydrogen-bond donors (Lipinski definition) is 1. The first-order valence-corrected chi connectivity index (χ1v) is 7.07. The predicted molar refractivity (Wildman–Crippen MR) is 77.5 cm³/mol. The minimum Gasteiger partial charge on any atom is -0.505 e. The average Bonchev–Trinajstić information content (AvgIpc) is 3.05. The van der Waals surface area contributed by atoms with E-state index >= 15 is 0 Å².